The molecule has 2 aromatic carbocycles. The van der Waals surface area contributed by atoms with Crippen LogP contribution in [0.2, 0.25) is 0 Å². The van der Waals surface area contributed by atoms with Crippen LogP contribution in [0.5, 0.6) is 0 Å². The Morgan fingerprint density at radius 2 is 1.96 bits per heavy atom. The van der Waals surface area contributed by atoms with Crippen LogP contribution < -0.4 is 0 Å². The Morgan fingerprint density at radius 3 is 2.72 bits per heavy atom. The lowest BCUT2D eigenvalue weighted by Gasteiger charge is -2.01. The number of H-pyrrole nitrogens is 2. The predicted molar refractivity (Wildman–Crippen MR) is 97.9 cm³/mol. The fourth-order valence-electron chi connectivity index (χ4n) is 3.08. The highest BCUT2D eigenvalue weighted by molar-refractivity contribution is 5.84. The third-order valence-electron chi connectivity index (χ3n) is 4.50. The smallest absolute Gasteiger partial charge is 0.159 e. The van der Waals surface area contributed by atoms with Gasteiger partial charge in [0, 0.05) is 11.3 Å². The van der Waals surface area contributed by atoms with Crippen molar-refractivity contribution in [2.75, 3.05) is 0 Å². The summed E-state index contributed by atoms with van der Waals surface area (Å²) in [6, 6.07) is 15.9. The lowest BCUT2D eigenvalue weighted by atomic mass is 10.0. The molecule has 2 aromatic heterocycles. The summed E-state index contributed by atoms with van der Waals surface area (Å²) in [6.45, 7) is 4.16. The summed E-state index contributed by atoms with van der Waals surface area (Å²) in [5.74, 6) is 0.770. The van der Waals surface area contributed by atoms with Crippen LogP contribution in [0.4, 0.5) is 0 Å². The second kappa shape index (κ2) is 5.91. The Bertz CT molecular complexity index is 1110. The first-order valence-corrected chi connectivity index (χ1v) is 8.24. The third-order valence-corrected chi connectivity index (χ3v) is 4.50. The molecule has 0 bridgehead atoms. The van der Waals surface area contributed by atoms with Crippen LogP contribution in [-0.2, 0) is 6.42 Å². The van der Waals surface area contributed by atoms with Gasteiger partial charge in [-0.15, -0.1) is 0 Å². The summed E-state index contributed by atoms with van der Waals surface area (Å²) in [5.41, 5.74) is 7.69. The molecule has 0 aliphatic heterocycles. The first-order chi connectivity index (χ1) is 12.2. The number of nitrogens with zero attached hydrogens (tertiary/aromatic N) is 3. The Balaban J connectivity index is 1.79. The van der Waals surface area contributed by atoms with Crippen LogP contribution in [0.1, 0.15) is 23.7 Å². The van der Waals surface area contributed by atoms with E-state index in [1.54, 1.807) is 0 Å². The minimum absolute atomic E-state index is 0.655. The molecule has 25 heavy (non-hydrogen) atoms. The summed E-state index contributed by atoms with van der Waals surface area (Å²) in [6.07, 6.45) is 0.915. The molecule has 0 saturated heterocycles. The van der Waals surface area contributed by atoms with Crippen molar-refractivity contribution in [1.29, 1.82) is 5.26 Å². The van der Waals surface area contributed by atoms with E-state index in [-0.39, 0.29) is 0 Å². The van der Waals surface area contributed by atoms with Gasteiger partial charge in [0.25, 0.3) is 0 Å². The van der Waals surface area contributed by atoms with E-state index in [1.807, 2.05) is 36.4 Å². The van der Waals surface area contributed by atoms with Crippen LogP contribution in [-0.4, -0.2) is 20.2 Å². The maximum absolute atomic E-state index is 9.08. The topological polar surface area (TPSA) is 81.2 Å². The second-order valence-corrected chi connectivity index (χ2v) is 6.04. The predicted octanol–water partition coefficient (Wildman–Crippen LogP) is 4.36. The zero-order valence-electron chi connectivity index (χ0n) is 14.1. The first kappa shape index (κ1) is 15.2. The molecule has 0 aliphatic carbocycles. The first-order valence-electron chi connectivity index (χ1n) is 8.24. The van der Waals surface area contributed by atoms with Gasteiger partial charge in [-0.3, -0.25) is 5.10 Å². The summed E-state index contributed by atoms with van der Waals surface area (Å²) >= 11 is 0. The normalized spacial score (nSPS) is 10.9. The van der Waals surface area contributed by atoms with Crippen molar-refractivity contribution in [3.8, 4) is 28.7 Å². The molecule has 2 heterocycles. The van der Waals surface area contributed by atoms with Crippen molar-refractivity contribution in [2.45, 2.75) is 20.3 Å². The molecule has 0 fully saturated rings. The van der Waals surface area contributed by atoms with E-state index < -0.39 is 0 Å². The van der Waals surface area contributed by atoms with E-state index in [0.717, 1.165) is 51.4 Å². The van der Waals surface area contributed by atoms with Gasteiger partial charge in [0.1, 0.15) is 5.69 Å². The van der Waals surface area contributed by atoms with Crippen LogP contribution >= 0.6 is 0 Å². The van der Waals surface area contributed by atoms with Gasteiger partial charge in [-0.2, -0.15) is 10.4 Å². The molecule has 0 aliphatic rings. The van der Waals surface area contributed by atoms with Gasteiger partial charge >= 0.3 is 0 Å². The summed E-state index contributed by atoms with van der Waals surface area (Å²) in [4.78, 5) is 8.04. The molecular formula is C20H17N5. The van der Waals surface area contributed by atoms with Crippen molar-refractivity contribution in [1.82, 2.24) is 20.2 Å². The van der Waals surface area contributed by atoms with Crippen LogP contribution in [0.3, 0.4) is 0 Å². The Kier molecular flexibility index (Phi) is 3.58. The summed E-state index contributed by atoms with van der Waals surface area (Å²) < 4.78 is 0. The Labute approximate surface area is 145 Å². The molecule has 2 N–H and O–H groups in total. The Hall–Kier alpha value is -3.39. The molecule has 0 radical (unpaired) electrons. The molecule has 4 aromatic rings. The molecule has 4 rings (SSSR count). The number of fused-ring (bicyclic) bond motifs is 1. The molecule has 0 amide bonds. The van der Waals surface area contributed by atoms with E-state index >= 15 is 0 Å². The van der Waals surface area contributed by atoms with Gasteiger partial charge < -0.3 is 4.98 Å². The molecule has 0 unspecified atom stereocenters. The van der Waals surface area contributed by atoms with Crippen LogP contribution in [0.15, 0.2) is 42.5 Å². The van der Waals surface area contributed by atoms with Gasteiger partial charge in [0.05, 0.1) is 22.7 Å². The SMILES string of the molecule is CCc1[nH]nc(-c2nc3ccc(-c4cccc(C#N)c4)cc3[nH]2)c1C. The number of nitriles is 1. The molecule has 122 valence electrons. The van der Waals surface area contributed by atoms with Gasteiger partial charge in [0.2, 0.25) is 0 Å². The zero-order valence-corrected chi connectivity index (χ0v) is 14.1. The maximum Gasteiger partial charge on any atom is 0.159 e. The molecule has 5 heteroatoms. The quantitative estimate of drug-likeness (QED) is 0.586. The number of hydrogen-bond acceptors (Lipinski definition) is 3. The highest BCUT2D eigenvalue weighted by Crippen LogP contribution is 2.27. The summed E-state index contributed by atoms with van der Waals surface area (Å²) in [5, 5.41) is 16.6. The zero-order chi connectivity index (χ0) is 17.4. The number of aryl methyl sites for hydroxylation is 1. The van der Waals surface area contributed by atoms with Gasteiger partial charge in [-0.1, -0.05) is 25.1 Å². The number of aromatic nitrogens is 4. The van der Waals surface area contributed by atoms with Crippen molar-refractivity contribution in [3.05, 3.63) is 59.3 Å². The minimum atomic E-state index is 0.655. The van der Waals surface area contributed by atoms with Gasteiger partial charge in [0.15, 0.2) is 5.82 Å². The lowest BCUT2D eigenvalue weighted by Crippen LogP contribution is -1.85. The lowest BCUT2D eigenvalue weighted by molar-refractivity contribution is 0.968. The van der Waals surface area contributed by atoms with Gasteiger partial charge in [-0.05, 0) is 48.7 Å². The van der Waals surface area contributed by atoms with E-state index in [2.05, 4.69) is 46.1 Å². The molecule has 0 spiro atoms. The molecule has 5 nitrogen and oxygen atoms in total. The molecule has 0 saturated carbocycles. The van der Waals surface area contributed by atoms with E-state index in [0.29, 0.717) is 5.56 Å². The standard InChI is InChI=1S/C20H17N5/c1-3-16-12(2)19(25-24-16)20-22-17-8-7-15(10-18(17)23-20)14-6-4-5-13(9-14)11-21/h4-10H,3H2,1-2H3,(H,22,23)(H,24,25). The van der Waals surface area contributed by atoms with Crippen molar-refractivity contribution in [2.24, 2.45) is 0 Å². The molecule has 0 atom stereocenters. The largest absolute Gasteiger partial charge is 0.337 e. The van der Waals surface area contributed by atoms with Crippen molar-refractivity contribution < 1.29 is 0 Å². The number of benzene rings is 2. The number of hydrogen-bond donors (Lipinski definition) is 2. The third kappa shape index (κ3) is 2.58. The Morgan fingerprint density at radius 1 is 1.12 bits per heavy atom. The molecular weight excluding hydrogens is 310 g/mol. The van der Waals surface area contributed by atoms with Gasteiger partial charge in [-0.25, -0.2) is 4.98 Å². The highest BCUT2D eigenvalue weighted by atomic mass is 15.1. The fourth-order valence-corrected chi connectivity index (χ4v) is 3.08. The summed E-state index contributed by atoms with van der Waals surface area (Å²) in [7, 11) is 0. The maximum atomic E-state index is 9.08. The van der Waals surface area contributed by atoms with Crippen LogP contribution in [0.25, 0.3) is 33.7 Å². The number of imidazole rings is 1. The fraction of sp³-hybridized carbons (Fsp3) is 0.150. The van der Waals surface area contributed by atoms with E-state index in [9.17, 15) is 0 Å². The van der Waals surface area contributed by atoms with Crippen LogP contribution in [0, 0.1) is 18.3 Å². The monoisotopic (exact) mass is 327 g/mol. The number of rotatable bonds is 3. The average Bonchev–Trinajstić information content (AvgIpc) is 3.23. The minimum Gasteiger partial charge on any atom is -0.337 e. The number of aromatic amines is 2. The number of nitrogens with one attached hydrogen (secondary N) is 2. The van der Waals surface area contributed by atoms with Crippen molar-refractivity contribution in [3.63, 3.8) is 0 Å². The van der Waals surface area contributed by atoms with E-state index in [1.165, 1.54) is 0 Å². The van der Waals surface area contributed by atoms with Crippen molar-refractivity contribution >= 4 is 11.0 Å². The highest BCUT2D eigenvalue weighted by Gasteiger charge is 2.14. The average molecular weight is 327 g/mol. The van der Waals surface area contributed by atoms with E-state index in [4.69, 9.17) is 5.26 Å². The second-order valence-electron chi connectivity index (χ2n) is 6.04.